The molecule has 0 aliphatic carbocycles. The van der Waals surface area contributed by atoms with Crippen molar-refractivity contribution in [1.82, 2.24) is 4.98 Å². The summed E-state index contributed by atoms with van der Waals surface area (Å²) in [5, 5.41) is 3.08. The standard InChI is InChI=1S/C21H17F4N3O/c22-17-8-6-15(7-9-17)10-12-27-20-19(5-2-11-26-20)28(14-29)18-4-1-3-16(13-18)21(23,24)25/h1-9,11,13-14H,10,12H2,(H,26,27). The number of nitrogens with one attached hydrogen (secondary N) is 1. The van der Waals surface area contributed by atoms with Gasteiger partial charge in [-0.1, -0.05) is 18.2 Å². The lowest BCUT2D eigenvalue weighted by atomic mass is 10.1. The van der Waals surface area contributed by atoms with Gasteiger partial charge in [0.2, 0.25) is 6.41 Å². The number of pyridine rings is 1. The fourth-order valence-corrected chi connectivity index (χ4v) is 2.79. The molecule has 0 unspecified atom stereocenters. The molecular weight excluding hydrogens is 386 g/mol. The van der Waals surface area contributed by atoms with E-state index in [1.807, 2.05) is 0 Å². The van der Waals surface area contributed by atoms with Gasteiger partial charge < -0.3 is 5.32 Å². The zero-order valence-electron chi connectivity index (χ0n) is 15.2. The van der Waals surface area contributed by atoms with Gasteiger partial charge in [-0.05, 0) is 54.4 Å². The predicted molar refractivity (Wildman–Crippen MR) is 102 cm³/mol. The SMILES string of the molecule is O=CN(c1cccc(C(F)(F)F)c1)c1cccnc1NCCc1ccc(F)cc1. The minimum absolute atomic E-state index is 0.0735. The van der Waals surface area contributed by atoms with Crippen LogP contribution in [0.5, 0.6) is 0 Å². The van der Waals surface area contributed by atoms with E-state index >= 15 is 0 Å². The van der Waals surface area contributed by atoms with E-state index in [9.17, 15) is 22.4 Å². The van der Waals surface area contributed by atoms with Crippen LogP contribution in [0.1, 0.15) is 11.1 Å². The number of anilines is 3. The number of rotatable bonds is 7. The highest BCUT2D eigenvalue weighted by Crippen LogP contribution is 2.34. The van der Waals surface area contributed by atoms with Gasteiger partial charge in [0, 0.05) is 18.4 Å². The largest absolute Gasteiger partial charge is 0.416 e. The number of amides is 1. The Bertz CT molecular complexity index is 974. The first-order chi connectivity index (χ1) is 13.9. The molecule has 0 radical (unpaired) electrons. The normalized spacial score (nSPS) is 11.2. The Morgan fingerprint density at radius 3 is 2.48 bits per heavy atom. The summed E-state index contributed by atoms with van der Waals surface area (Å²) in [6.07, 6.45) is -1.99. The first-order valence-corrected chi connectivity index (χ1v) is 8.73. The monoisotopic (exact) mass is 403 g/mol. The molecular formula is C21H17F4N3O. The van der Waals surface area contributed by atoms with Crippen LogP contribution in [0.2, 0.25) is 0 Å². The van der Waals surface area contributed by atoms with Crippen LogP contribution in [-0.4, -0.2) is 17.9 Å². The Labute approximate surface area is 164 Å². The lowest BCUT2D eigenvalue weighted by Gasteiger charge is -2.21. The molecule has 3 aromatic rings. The van der Waals surface area contributed by atoms with Crippen molar-refractivity contribution >= 4 is 23.6 Å². The fraction of sp³-hybridized carbons (Fsp3) is 0.143. The number of halogens is 4. The lowest BCUT2D eigenvalue weighted by Crippen LogP contribution is -2.18. The quantitative estimate of drug-likeness (QED) is 0.436. The number of hydrogen-bond acceptors (Lipinski definition) is 3. The molecule has 1 heterocycles. The molecule has 2 aromatic carbocycles. The van der Waals surface area contributed by atoms with Crippen molar-refractivity contribution in [1.29, 1.82) is 0 Å². The smallest absolute Gasteiger partial charge is 0.368 e. The van der Waals surface area contributed by atoms with E-state index in [1.54, 1.807) is 24.3 Å². The first kappa shape index (κ1) is 20.3. The van der Waals surface area contributed by atoms with Gasteiger partial charge in [0.15, 0.2) is 0 Å². The Balaban J connectivity index is 1.81. The van der Waals surface area contributed by atoms with Crippen molar-refractivity contribution < 1.29 is 22.4 Å². The summed E-state index contributed by atoms with van der Waals surface area (Å²) in [7, 11) is 0. The van der Waals surface area contributed by atoms with Crippen LogP contribution in [0.4, 0.5) is 34.8 Å². The highest BCUT2D eigenvalue weighted by Gasteiger charge is 2.31. The van der Waals surface area contributed by atoms with E-state index in [0.717, 1.165) is 22.6 Å². The molecule has 1 aromatic heterocycles. The molecule has 0 fully saturated rings. The molecule has 0 atom stereocenters. The summed E-state index contributed by atoms with van der Waals surface area (Å²) in [4.78, 5) is 17.0. The summed E-state index contributed by atoms with van der Waals surface area (Å²) in [5.41, 5.74) is 0.448. The number of nitrogens with zero attached hydrogens (tertiary/aromatic N) is 2. The van der Waals surface area contributed by atoms with Crippen LogP contribution in [0, 0.1) is 5.82 Å². The second kappa shape index (κ2) is 8.72. The van der Waals surface area contributed by atoms with Crippen LogP contribution < -0.4 is 10.2 Å². The van der Waals surface area contributed by atoms with Gasteiger partial charge in [-0.25, -0.2) is 9.37 Å². The van der Waals surface area contributed by atoms with E-state index in [1.165, 1.54) is 30.5 Å². The van der Waals surface area contributed by atoms with E-state index in [-0.39, 0.29) is 11.5 Å². The second-order valence-corrected chi connectivity index (χ2v) is 6.20. The van der Waals surface area contributed by atoms with Crippen molar-refractivity contribution in [3.05, 3.63) is 83.8 Å². The lowest BCUT2D eigenvalue weighted by molar-refractivity contribution is -0.137. The number of benzene rings is 2. The van der Waals surface area contributed by atoms with Gasteiger partial charge in [0.1, 0.15) is 11.6 Å². The van der Waals surface area contributed by atoms with Crippen molar-refractivity contribution in [3.63, 3.8) is 0 Å². The highest BCUT2D eigenvalue weighted by molar-refractivity contribution is 5.90. The van der Waals surface area contributed by atoms with Gasteiger partial charge in [-0.3, -0.25) is 9.69 Å². The third-order valence-corrected chi connectivity index (χ3v) is 4.22. The van der Waals surface area contributed by atoms with E-state index in [0.29, 0.717) is 30.9 Å². The molecule has 3 rings (SSSR count). The molecule has 4 nitrogen and oxygen atoms in total. The summed E-state index contributed by atoms with van der Waals surface area (Å²) >= 11 is 0. The zero-order valence-corrected chi connectivity index (χ0v) is 15.2. The van der Waals surface area contributed by atoms with Crippen LogP contribution in [0.3, 0.4) is 0 Å². The fourth-order valence-electron chi connectivity index (χ4n) is 2.79. The predicted octanol–water partition coefficient (Wildman–Crippen LogP) is 5.19. The first-order valence-electron chi connectivity index (χ1n) is 8.73. The summed E-state index contributed by atoms with van der Waals surface area (Å²) < 4.78 is 52.0. The van der Waals surface area contributed by atoms with Gasteiger partial charge in [0.05, 0.1) is 11.3 Å². The number of carbonyl (C=O) groups is 1. The number of carbonyl (C=O) groups excluding carboxylic acids is 1. The molecule has 1 N–H and O–H groups in total. The molecule has 0 bridgehead atoms. The Kier molecular flexibility index (Phi) is 6.11. The second-order valence-electron chi connectivity index (χ2n) is 6.20. The number of aromatic nitrogens is 1. The Morgan fingerprint density at radius 2 is 1.79 bits per heavy atom. The number of alkyl halides is 3. The van der Waals surface area contributed by atoms with Gasteiger partial charge in [0.25, 0.3) is 0 Å². The topological polar surface area (TPSA) is 45.2 Å². The van der Waals surface area contributed by atoms with Crippen LogP contribution in [-0.2, 0) is 17.4 Å². The molecule has 0 aliphatic heterocycles. The minimum atomic E-state index is -4.52. The van der Waals surface area contributed by atoms with E-state index in [2.05, 4.69) is 10.3 Å². The van der Waals surface area contributed by atoms with Gasteiger partial charge >= 0.3 is 6.18 Å². The summed E-state index contributed by atoms with van der Waals surface area (Å²) in [6.45, 7) is 0.435. The molecule has 0 saturated carbocycles. The van der Waals surface area contributed by atoms with E-state index < -0.39 is 11.7 Å². The van der Waals surface area contributed by atoms with Crippen molar-refractivity contribution in [3.8, 4) is 0 Å². The van der Waals surface area contributed by atoms with Crippen LogP contribution in [0.15, 0.2) is 66.9 Å². The van der Waals surface area contributed by atoms with Crippen molar-refractivity contribution in [2.45, 2.75) is 12.6 Å². The molecule has 150 valence electrons. The molecule has 0 saturated heterocycles. The third-order valence-electron chi connectivity index (χ3n) is 4.22. The molecule has 29 heavy (non-hydrogen) atoms. The highest BCUT2D eigenvalue weighted by atomic mass is 19.4. The van der Waals surface area contributed by atoms with Gasteiger partial charge in [-0.2, -0.15) is 13.2 Å². The molecule has 1 amide bonds. The Hall–Kier alpha value is -3.42. The maximum Gasteiger partial charge on any atom is 0.416 e. The summed E-state index contributed by atoms with van der Waals surface area (Å²) in [6, 6.07) is 13.7. The summed E-state index contributed by atoms with van der Waals surface area (Å²) in [5.74, 6) is 0.0237. The molecule has 0 spiro atoms. The number of hydrogen-bond donors (Lipinski definition) is 1. The maximum absolute atomic E-state index is 13.0. The van der Waals surface area contributed by atoms with Crippen LogP contribution >= 0.6 is 0 Å². The third kappa shape index (κ3) is 5.10. The van der Waals surface area contributed by atoms with Crippen LogP contribution in [0.25, 0.3) is 0 Å². The zero-order chi connectivity index (χ0) is 20.9. The molecule has 0 aliphatic rings. The maximum atomic E-state index is 13.0. The van der Waals surface area contributed by atoms with Gasteiger partial charge in [-0.15, -0.1) is 0 Å². The average molecular weight is 403 g/mol. The van der Waals surface area contributed by atoms with Crippen molar-refractivity contribution in [2.24, 2.45) is 0 Å². The average Bonchev–Trinajstić information content (AvgIpc) is 2.71. The van der Waals surface area contributed by atoms with E-state index in [4.69, 9.17) is 0 Å². The molecule has 8 heteroatoms. The minimum Gasteiger partial charge on any atom is -0.368 e. The van der Waals surface area contributed by atoms with Crippen molar-refractivity contribution in [2.75, 3.05) is 16.8 Å². The Morgan fingerprint density at radius 1 is 1.03 bits per heavy atom.